The SMILES string of the molecule is CCS(=O)(=O)c1cccc(-c2cc(NC(=O)c3csc(C)n3)c3cn[nH]c3c2)c1. The zero-order chi connectivity index (χ0) is 20.6. The summed E-state index contributed by atoms with van der Waals surface area (Å²) in [4.78, 5) is 17.1. The maximum Gasteiger partial charge on any atom is 0.275 e. The van der Waals surface area contributed by atoms with E-state index in [1.807, 2.05) is 25.1 Å². The molecule has 0 radical (unpaired) electrons. The number of thiazole rings is 1. The van der Waals surface area contributed by atoms with E-state index >= 15 is 0 Å². The van der Waals surface area contributed by atoms with Crippen molar-refractivity contribution in [3.63, 3.8) is 0 Å². The van der Waals surface area contributed by atoms with Gasteiger partial charge in [0.05, 0.1) is 33.1 Å². The molecule has 0 saturated carbocycles. The Morgan fingerprint density at radius 3 is 2.76 bits per heavy atom. The Balaban J connectivity index is 1.77. The van der Waals surface area contributed by atoms with Gasteiger partial charge in [-0.1, -0.05) is 19.1 Å². The van der Waals surface area contributed by atoms with Crippen LogP contribution in [0.15, 0.2) is 52.9 Å². The van der Waals surface area contributed by atoms with Gasteiger partial charge in [0.25, 0.3) is 5.91 Å². The van der Waals surface area contributed by atoms with E-state index in [4.69, 9.17) is 0 Å². The van der Waals surface area contributed by atoms with E-state index in [1.165, 1.54) is 11.3 Å². The number of hydrogen-bond acceptors (Lipinski definition) is 6. The molecule has 0 aliphatic heterocycles. The lowest BCUT2D eigenvalue weighted by molar-refractivity contribution is 0.102. The molecule has 0 fully saturated rings. The third kappa shape index (κ3) is 3.79. The predicted molar refractivity (Wildman–Crippen MR) is 114 cm³/mol. The van der Waals surface area contributed by atoms with E-state index < -0.39 is 9.84 Å². The molecule has 7 nitrogen and oxygen atoms in total. The van der Waals surface area contributed by atoms with Gasteiger partial charge in [0, 0.05) is 10.8 Å². The fourth-order valence-electron chi connectivity index (χ4n) is 3.01. The smallest absolute Gasteiger partial charge is 0.275 e. The highest BCUT2D eigenvalue weighted by Crippen LogP contribution is 2.31. The Morgan fingerprint density at radius 1 is 1.21 bits per heavy atom. The first kappa shape index (κ1) is 19.3. The molecule has 0 aliphatic carbocycles. The van der Waals surface area contributed by atoms with Gasteiger partial charge >= 0.3 is 0 Å². The number of aromatic nitrogens is 3. The van der Waals surface area contributed by atoms with Crippen molar-refractivity contribution >= 4 is 43.7 Å². The molecule has 4 aromatic rings. The minimum Gasteiger partial charge on any atom is -0.320 e. The fourth-order valence-corrected chi connectivity index (χ4v) is 4.53. The van der Waals surface area contributed by atoms with Gasteiger partial charge in [-0.15, -0.1) is 11.3 Å². The number of hydrogen-bond donors (Lipinski definition) is 2. The molecule has 0 spiro atoms. The topological polar surface area (TPSA) is 105 Å². The van der Waals surface area contributed by atoms with E-state index in [0.29, 0.717) is 11.4 Å². The molecule has 0 saturated heterocycles. The van der Waals surface area contributed by atoms with Crippen LogP contribution in [-0.4, -0.2) is 35.3 Å². The molecule has 0 atom stereocenters. The summed E-state index contributed by atoms with van der Waals surface area (Å²) >= 11 is 1.41. The summed E-state index contributed by atoms with van der Waals surface area (Å²) in [5.74, 6) is -0.277. The summed E-state index contributed by atoms with van der Waals surface area (Å²) in [7, 11) is -3.32. The Kier molecular flexibility index (Phi) is 4.93. The number of carbonyl (C=O) groups is 1. The van der Waals surface area contributed by atoms with Gasteiger partial charge in [0.15, 0.2) is 9.84 Å². The maximum absolute atomic E-state index is 12.6. The average molecular weight is 427 g/mol. The summed E-state index contributed by atoms with van der Waals surface area (Å²) in [5.41, 5.74) is 3.16. The van der Waals surface area contributed by atoms with E-state index in [1.54, 1.807) is 36.7 Å². The van der Waals surface area contributed by atoms with Gasteiger partial charge in [-0.3, -0.25) is 9.89 Å². The second-order valence-corrected chi connectivity index (χ2v) is 9.83. The second kappa shape index (κ2) is 7.41. The highest BCUT2D eigenvalue weighted by atomic mass is 32.2. The second-order valence-electron chi connectivity index (χ2n) is 6.49. The molecule has 2 heterocycles. The third-order valence-corrected chi connectivity index (χ3v) is 7.07. The Morgan fingerprint density at radius 2 is 2.03 bits per heavy atom. The zero-order valence-electron chi connectivity index (χ0n) is 15.8. The van der Waals surface area contributed by atoms with E-state index in [0.717, 1.165) is 27.0 Å². The monoisotopic (exact) mass is 426 g/mol. The normalized spacial score (nSPS) is 11.7. The van der Waals surface area contributed by atoms with E-state index in [2.05, 4.69) is 20.5 Å². The first-order valence-electron chi connectivity index (χ1n) is 8.91. The van der Waals surface area contributed by atoms with Gasteiger partial charge < -0.3 is 5.32 Å². The molecular formula is C20H18N4O3S2. The van der Waals surface area contributed by atoms with Crippen molar-refractivity contribution in [2.24, 2.45) is 0 Å². The minimum atomic E-state index is -3.32. The molecule has 148 valence electrons. The summed E-state index contributed by atoms with van der Waals surface area (Å²) in [6.45, 7) is 3.46. The van der Waals surface area contributed by atoms with Crippen molar-refractivity contribution in [1.82, 2.24) is 15.2 Å². The summed E-state index contributed by atoms with van der Waals surface area (Å²) in [5, 5.41) is 13.1. The number of rotatable bonds is 5. The van der Waals surface area contributed by atoms with Crippen molar-refractivity contribution in [2.75, 3.05) is 11.1 Å². The molecule has 2 N–H and O–H groups in total. The van der Waals surface area contributed by atoms with Crippen LogP contribution < -0.4 is 5.32 Å². The lowest BCUT2D eigenvalue weighted by Crippen LogP contribution is -2.12. The molecule has 2 aromatic carbocycles. The molecule has 0 bridgehead atoms. The molecule has 29 heavy (non-hydrogen) atoms. The van der Waals surface area contributed by atoms with Crippen molar-refractivity contribution < 1.29 is 13.2 Å². The maximum atomic E-state index is 12.6. The van der Waals surface area contributed by atoms with Gasteiger partial charge in [0.2, 0.25) is 0 Å². The summed E-state index contributed by atoms with van der Waals surface area (Å²) in [6.07, 6.45) is 1.64. The van der Waals surface area contributed by atoms with Crippen LogP contribution in [0.2, 0.25) is 0 Å². The van der Waals surface area contributed by atoms with Crippen LogP contribution in [0.4, 0.5) is 5.69 Å². The molecule has 1 amide bonds. The molecule has 0 unspecified atom stereocenters. The largest absolute Gasteiger partial charge is 0.320 e. The van der Waals surface area contributed by atoms with Crippen molar-refractivity contribution in [2.45, 2.75) is 18.7 Å². The van der Waals surface area contributed by atoms with Crippen LogP contribution in [-0.2, 0) is 9.84 Å². The number of carbonyl (C=O) groups excluding carboxylic acids is 1. The molecule has 4 rings (SSSR count). The first-order chi connectivity index (χ1) is 13.9. The number of nitrogens with one attached hydrogen (secondary N) is 2. The number of nitrogens with zero attached hydrogens (tertiary/aromatic N) is 2. The number of sulfone groups is 1. The van der Waals surface area contributed by atoms with Crippen LogP contribution in [0, 0.1) is 6.92 Å². The van der Waals surface area contributed by atoms with Gasteiger partial charge in [0.1, 0.15) is 5.69 Å². The first-order valence-corrected chi connectivity index (χ1v) is 11.4. The highest BCUT2D eigenvalue weighted by Gasteiger charge is 2.16. The number of fused-ring (bicyclic) bond motifs is 1. The predicted octanol–water partition coefficient (Wildman–Crippen LogP) is 4.04. The van der Waals surface area contributed by atoms with Crippen molar-refractivity contribution in [3.8, 4) is 11.1 Å². The lowest BCUT2D eigenvalue weighted by atomic mass is 10.0. The number of benzene rings is 2. The molecule has 9 heteroatoms. The molecular weight excluding hydrogens is 408 g/mol. The molecule has 2 aromatic heterocycles. The van der Waals surface area contributed by atoms with Crippen molar-refractivity contribution in [3.05, 3.63) is 58.7 Å². The number of H-pyrrole nitrogens is 1. The minimum absolute atomic E-state index is 0.0321. The van der Waals surface area contributed by atoms with Gasteiger partial charge in [-0.2, -0.15) is 5.10 Å². The number of amides is 1. The van der Waals surface area contributed by atoms with Gasteiger partial charge in [-0.05, 0) is 42.3 Å². The van der Waals surface area contributed by atoms with E-state index in [-0.39, 0.29) is 16.6 Å². The fraction of sp³-hybridized carbons (Fsp3) is 0.150. The summed E-state index contributed by atoms with van der Waals surface area (Å²) < 4.78 is 24.5. The van der Waals surface area contributed by atoms with Gasteiger partial charge in [-0.25, -0.2) is 13.4 Å². The van der Waals surface area contributed by atoms with Crippen LogP contribution >= 0.6 is 11.3 Å². The number of anilines is 1. The Labute approximate surface area is 171 Å². The average Bonchev–Trinajstić information content (AvgIpc) is 3.37. The zero-order valence-corrected chi connectivity index (χ0v) is 17.4. The summed E-state index contributed by atoms with van der Waals surface area (Å²) in [6, 6.07) is 10.5. The Bertz CT molecular complexity index is 1320. The standard InChI is InChI=1S/C20H18N4O3S2/c1-3-29(26,27)15-6-4-5-13(7-15)14-8-17(16-10-21-24-18(16)9-14)23-20(25)19-11-28-12(2)22-19/h4-11H,3H2,1-2H3,(H,21,24)(H,23,25). The highest BCUT2D eigenvalue weighted by molar-refractivity contribution is 7.91. The van der Waals surface area contributed by atoms with Crippen LogP contribution in [0.3, 0.4) is 0 Å². The molecule has 0 aliphatic rings. The number of aryl methyl sites for hydroxylation is 1. The third-order valence-electron chi connectivity index (χ3n) is 4.57. The van der Waals surface area contributed by atoms with E-state index in [9.17, 15) is 13.2 Å². The van der Waals surface area contributed by atoms with Crippen molar-refractivity contribution in [1.29, 1.82) is 0 Å². The number of aromatic amines is 1. The Hall–Kier alpha value is -3.04. The van der Waals surface area contributed by atoms with Crippen LogP contribution in [0.25, 0.3) is 22.0 Å². The lowest BCUT2D eigenvalue weighted by Gasteiger charge is -2.10. The van der Waals surface area contributed by atoms with Crippen LogP contribution in [0.1, 0.15) is 22.4 Å². The van der Waals surface area contributed by atoms with Crippen LogP contribution in [0.5, 0.6) is 0 Å². The quantitative estimate of drug-likeness (QED) is 0.501.